The fraction of sp³-hybridized carbons (Fsp3) is 0.517. The Labute approximate surface area is 221 Å². The van der Waals surface area contributed by atoms with Crippen molar-refractivity contribution in [3.05, 3.63) is 60.2 Å². The van der Waals surface area contributed by atoms with Crippen molar-refractivity contribution in [2.45, 2.75) is 49.8 Å². The minimum absolute atomic E-state index is 0.00367. The first-order valence-electron chi connectivity index (χ1n) is 12.9. The van der Waals surface area contributed by atoms with Crippen molar-refractivity contribution in [2.75, 3.05) is 48.9 Å². The molecule has 37 heavy (non-hydrogen) atoms. The lowest BCUT2D eigenvalue weighted by molar-refractivity contribution is -0.155. The Bertz CT molecular complexity index is 1020. The number of amides is 1. The van der Waals surface area contributed by atoms with E-state index in [0.717, 1.165) is 24.1 Å². The summed E-state index contributed by atoms with van der Waals surface area (Å²) in [6.45, 7) is -0.206. The van der Waals surface area contributed by atoms with Crippen molar-refractivity contribution in [1.82, 2.24) is 14.3 Å². The van der Waals surface area contributed by atoms with Crippen molar-refractivity contribution in [2.24, 2.45) is 0 Å². The highest BCUT2D eigenvalue weighted by atomic mass is 16.6. The Morgan fingerprint density at radius 3 is 2.19 bits per heavy atom. The van der Waals surface area contributed by atoms with E-state index in [1.807, 2.05) is 48.5 Å². The summed E-state index contributed by atoms with van der Waals surface area (Å²) >= 11 is 0. The zero-order chi connectivity index (χ0) is 27.2. The molecule has 2 aliphatic heterocycles. The lowest BCUT2D eigenvalue weighted by Crippen LogP contribution is -2.43. The Hall–Kier alpha value is -2.94. The minimum Gasteiger partial charge on any atom is -0.462 e. The number of carbonyl (C=O) groups is 2. The van der Waals surface area contributed by atoms with Crippen molar-refractivity contribution >= 4 is 17.7 Å². The van der Waals surface area contributed by atoms with Gasteiger partial charge in [0.15, 0.2) is 0 Å². The second-order valence-corrected chi connectivity index (χ2v) is 11.0. The van der Waals surface area contributed by atoms with Crippen LogP contribution in [0.1, 0.15) is 37.2 Å². The van der Waals surface area contributed by atoms with Crippen LogP contribution in [0.5, 0.6) is 5.75 Å². The molecule has 8 nitrogen and oxygen atoms in total. The molecule has 0 saturated carbocycles. The molecule has 4 atom stereocenters. The molecular weight excluding hydrogens is 470 g/mol. The fourth-order valence-corrected chi connectivity index (χ4v) is 4.86. The number of aliphatic hydroxyl groups is 1. The van der Waals surface area contributed by atoms with Gasteiger partial charge in [0, 0.05) is 32.2 Å². The molecule has 0 radical (unpaired) electrons. The zero-order valence-corrected chi connectivity index (χ0v) is 23.0. The molecular formula is C29H42N3O5+. The van der Waals surface area contributed by atoms with Gasteiger partial charge >= 0.3 is 12.1 Å². The van der Waals surface area contributed by atoms with E-state index in [1.165, 1.54) is 17.7 Å². The highest BCUT2D eigenvalue weighted by Gasteiger charge is 2.40. The molecule has 2 heterocycles. The summed E-state index contributed by atoms with van der Waals surface area (Å²) < 4.78 is 11.6. The maximum absolute atomic E-state index is 12.4. The molecule has 1 N–H and O–H groups in total. The van der Waals surface area contributed by atoms with Gasteiger partial charge in [0.2, 0.25) is 0 Å². The highest BCUT2D eigenvalue weighted by Crippen LogP contribution is 2.36. The lowest BCUT2D eigenvalue weighted by Gasteiger charge is -2.36. The van der Waals surface area contributed by atoms with E-state index in [1.54, 1.807) is 20.2 Å². The summed E-state index contributed by atoms with van der Waals surface area (Å²) in [5, 5.41) is 9.53. The monoisotopic (exact) mass is 512 g/mol. The van der Waals surface area contributed by atoms with E-state index >= 15 is 0 Å². The average molecular weight is 513 g/mol. The molecule has 4 rings (SSSR count). The standard InChI is InChI=1S/C17H23NO3.C12H19N2O2/c1-18-13-7-8-14(18)10-15(9-13)21-17(20)16(11-19)12-5-3-2-4-6-12;1-13(2)12(15)16-11-8-6-7-10(9-11)14(3,4)5/h2-6,13-16,19H,7-11H2,1H3;6-9H,1-5H3/q;+1/t13-,14+,15?,16?;. The van der Waals surface area contributed by atoms with Crippen LogP contribution in [0, 0.1) is 0 Å². The Balaban J connectivity index is 0.000000214. The van der Waals surface area contributed by atoms with Crippen molar-refractivity contribution in [3.63, 3.8) is 0 Å². The van der Waals surface area contributed by atoms with Crippen molar-refractivity contribution in [1.29, 1.82) is 0 Å². The highest BCUT2D eigenvalue weighted by molar-refractivity contribution is 5.78. The van der Waals surface area contributed by atoms with Crippen LogP contribution in [0.15, 0.2) is 54.6 Å². The molecule has 202 valence electrons. The van der Waals surface area contributed by atoms with Crippen LogP contribution in [-0.2, 0) is 9.53 Å². The van der Waals surface area contributed by atoms with Crippen LogP contribution >= 0.6 is 0 Å². The number of fused-ring (bicyclic) bond motifs is 2. The second kappa shape index (κ2) is 12.5. The van der Waals surface area contributed by atoms with E-state index in [2.05, 4.69) is 33.1 Å². The number of ether oxygens (including phenoxy) is 2. The molecule has 0 aliphatic carbocycles. The summed E-state index contributed by atoms with van der Waals surface area (Å²) in [7, 11) is 11.7. The Morgan fingerprint density at radius 1 is 1.03 bits per heavy atom. The number of aliphatic hydroxyl groups excluding tert-OH is 1. The molecule has 1 amide bonds. The van der Waals surface area contributed by atoms with E-state index in [9.17, 15) is 14.7 Å². The van der Waals surface area contributed by atoms with Gasteiger partial charge in [0.1, 0.15) is 23.5 Å². The molecule has 2 fully saturated rings. The van der Waals surface area contributed by atoms with Gasteiger partial charge in [-0.05, 0) is 50.4 Å². The number of piperidine rings is 1. The molecule has 2 aromatic rings. The summed E-state index contributed by atoms with van der Waals surface area (Å²) in [6.07, 6.45) is 3.90. The third-order valence-corrected chi connectivity index (χ3v) is 7.17. The van der Waals surface area contributed by atoms with Crippen LogP contribution in [0.2, 0.25) is 0 Å². The van der Waals surface area contributed by atoms with E-state index in [-0.39, 0.29) is 24.8 Å². The lowest BCUT2D eigenvalue weighted by atomic mass is 9.98. The summed E-state index contributed by atoms with van der Waals surface area (Å²) in [6, 6.07) is 18.0. The number of hydrogen-bond donors (Lipinski definition) is 1. The largest absolute Gasteiger partial charge is 0.462 e. The Kier molecular flexibility index (Phi) is 9.70. The van der Waals surface area contributed by atoms with E-state index < -0.39 is 5.92 Å². The number of hydrogen-bond acceptors (Lipinski definition) is 6. The molecule has 0 aromatic heterocycles. The van der Waals surface area contributed by atoms with Gasteiger partial charge in [-0.15, -0.1) is 0 Å². The Morgan fingerprint density at radius 2 is 1.65 bits per heavy atom. The van der Waals surface area contributed by atoms with E-state index in [4.69, 9.17) is 9.47 Å². The number of nitrogens with zero attached hydrogens (tertiary/aromatic N) is 3. The zero-order valence-electron chi connectivity index (χ0n) is 23.0. The third-order valence-electron chi connectivity index (χ3n) is 7.17. The van der Waals surface area contributed by atoms with Crippen LogP contribution in [0.4, 0.5) is 10.5 Å². The average Bonchev–Trinajstić information content (AvgIpc) is 3.05. The maximum atomic E-state index is 12.4. The smallest absolute Gasteiger partial charge is 0.414 e. The van der Waals surface area contributed by atoms with Crippen molar-refractivity contribution < 1.29 is 24.2 Å². The summed E-state index contributed by atoms with van der Waals surface area (Å²) in [4.78, 5) is 27.6. The first kappa shape index (κ1) is 28.6. The van der Waals surface area contributed by atoms with Crippen LogP contribution in [0.25, 0.3) is 0 Å². The first-order valence-corrected chi connectivity index (χ1v) is 12.9. The number of esters is 1. The number of rotatable bonds is 6. The topological polar surface area (TPSA) is 79.3 Å². The van der Waals surface area contributed by atoms with Gasteiger partial charge in [-0.3, -0.25) is 9.28 Å². The number of quaternary nitrogens is 1. The van der Waals surface area contributed by atoms with Crippen LogP contribution in [-0.4, -0.2) is 94.0 Å². The summed E-state index contributed by atoms with van der Waals surface area (Å²) in [5.41, 5.74) is 1.91. The quantitative estimate of drug-likeness (QED) is 0.468. The predicted octanol–water partition coefficient (Wildman–Crippen LogP) is 3.87. The second-order valence-electron chi connectivity index (χ2n) is 11.0. The molecule has 2 bridgehead atoms. The van der Waals surface area contributed by atoms with Crippen LogP contribution in [0.3, 0.4) is 0 Å². The normalized spacial score (nSPS) is 21.9. The molecule has 0 spiro atoms. The van der Waals surface area contributed by atoms with Gasteiger partial charge in [-0.25, -0.2) is 4.79 Å². The van der Waals surface area contributed by atoms with Gasteiger partial charge in [-0.2, -0.15) is 0 Å². The predicted molar refractivity (Wildman–Crippen MR) is 146 cm³/mol. The van der Waals surface area contributed by atoms with Gasteiger partial charge in [0.25, 0.3) is 0 Å². The van der Waals surface area contributed by atoms with Gasteiger partial charge in [-0.1, -0.05) is 36.4 Å². The fourth-order valence-electron chi connectivity index (χ4n) is 4.86. The molecule has 2 saturated heterocycles. The van der Waals surface area contributed by atoms with Crippen molar-refractivity contribution in [3.8, 4) is 5.75 Å². The third kappa shape index (κ3) is 7.77. The number of benzene rings is 2. The number of carbonyl (C=O) groups excluding carboxylic acids is 2. The van der Waals surface area contributed by atoms with Gasteiger partial charge in [0.05, 0.1) is 27.7 Å². The molecule has 2 aliphatic rings. The molecule has 2 aromatic carbocycles. The first-order chi connectivity index (χ1) is 17.5. The summed E-state index contributed by atoms with van der Waals surface area (Å²) in [5.74, 6) is -0.287. The molecule has 2 unspecified atom stereocenters. The van der Waals surface area contributed by atoms with Gasteiger partial charge < -0.3 is 24.4 Å². The van der Waals surface area contributed by atoms with Crippen LogP contribution < -0.4 is 9.22 Å². The SMILES string of the molecule is CN(C)C(=O)Oc1cccc([N+](C)(C)C)c1.CN1[C@@H]2CC[C@H]1CC(OC(=O)C(CO)c1ccccc1)C2. The minimum atomic E-state index is -0.566. The molecule has 8 heteroatoms. The van der Waals surface area contributed by atoms with E-state index in [0.29, 0.717) is 22.3 Å². The maximum Gasteiger partial charge on any atom is 0.414 e.